The van der Waals surface area contributed by atoms with E-state index < -0.39 is 41.9 Å². The molecule has 1 aromatic carbocycles. The summed E-state index contributed by atoms with van der Waals surface area (Å²) in [5, 5.41) is 31.6. The molecule has 0 radical (unpaired) electrons. The highest BCUT2D eigenvalue weighted by Crippen LogP contribution is 2.32. The third-order valence-corrected chi connectivity index (χ3v) is 7.16. The second-order valence-electron chi connectivity index (χ2n) is 9.88. The van der Waals surface area contributed by atoms with Gasteiger partial charge in [-0.2, -0.15) is 0 Å². The summed E-state index contributed by atoms with van der Waals surface area (Å²) in [5.74, 6) is -0.843. The lowest BCUT2D eigenvalue weighted by Gasteiger charge is -2.35. The number of carbonyl (C=O) groups excluding carboxylic acids is 1. The van der Waals surface area contributed by atoms with Crippen LogP contribution >= 0.6 is 0 Å². The minimum absolute atomic E-state index is 0.0127. The lowest BCUT2D eigenvalue weighted by Crippen LogP contribution is -2.42. The van der Waals surface area contributed by atoms with Crippen molar-refractivity contribution in [3.8, 4) is 0 Å². The van der Waals surface area contributed by atoms with Crippen LogP contribution in [0.15, 0.2) is 35.9 Å². The van der Waals surface area contributed by atoms with Crippen molar-refractivity contribution in [2.75, 3.05) is 20.8 Å². The maximum atomic E-state index is 13.0. The van der Waals surface area contributed by atoms with E-state index in [-0.39, 0.29) is 12.5 Å². The van der Waals surface area contributed by atoms with E-state index in [1.165, 1.54) is 7.11 Å². The van der Waals surface area contributed by atoms with Crippen LogP contribution in [0, 0.1) is 5.92 Å². The van der Waals surface area contributed by atoms with E-state index in [1.54, 1.807) is 7.11 Å². The van der Waals surface area contributed by atoms with Crippen molar-refractivity contribution in [1.29, 1.82) is 0 Å². The fourth-order valence-electron chi connectivity index (χ4n) is 4.39. The predicted molar refractivity (Wildman–Crippen MR) is 131 cm³/mol. The monoisotopic (exact) mass is 478 g/mol. The zero-order chi connectivity index (χ0) is 25.5. The molecule has 0 aliphatic carbocycles. The highest BCUT2D eigenvalue weighted by molar-refractivity contribution is 5.75. The number of aliphatic hydroxyl groups excluding tert-OH is 3. The number of methoxy groups -OCH3 is 2. The molecule has 1 aromatic rings. The summed E-state index contributed by atoms with van der Waals surface area (Å²) in [6.45, 7) is 7.79. The van der Waals surface area contributed by atoms with Crippen LogP contribution < -0.4 is 0 Å². The van der Waals surface area contributed by atoms with Crippen molar-refractivity contribution in [2.45, 2.75) is 89.3 Å². The molecule has 34 heavy (non-hydrogen) atoms. The lowest BCUT2D eigenvalue weighted by atomic mass is 9.76. The molecule has 2 rings (SSSR count). The van der Waals surface area contributed by atoms with Gasteiger partial charge in [0.25, 0.3) is 0 Å². The van der Waals surface area contributed by atoms with Gasteiger partial charge in [-0.05, 0) is 30.0 Å². The standard InChI is InChI=1S/C27H42O7/c1-7-18(16-28)11-17(2)22-14-21(32-5)15-24(29)27(3,4)20-10-8-9-19(12-20)13-23(33-6)25(30)26(31)34-22/h8-12,18,21-25,28-30H,7,13-16H2,1-6H3/b17-11-/t18-,21-,22?,23-,24+,25+/m1/s1. The van der Waals surface area contributed by atoms with E-state index in [4.69, 9.17) is 14.2 Å². The Balaban J connectivity index is 2.50. The number of hydrogen-bond donors (Lipinski definition) is 3. The second kappa shape index (κ2) is 12.8. The normalized spacial score (nSPS) is 29.7. The Kier molecular flexibility index (Phi) is 10.7. The topological polar surface area (TPSA) is 105 Å². The number of rotatable bonds is 6. The first kappa shape index (κ1) is 28.5. The smallest absolute Gasteiger partial charge is 0.338 e. The first-order chi connectivity index (χ1) is 16.1. The Morgan fingerprint density at radius 1 is 1.24 bits per heavy atom. The average Bonchev–Trinajstić information content (AvgIpc) is 2.83. The molecule has 0 amide bonds. The molecule has 7 heteroatoms. The van der Waals surface area contributed by atoms with Gasteiger partial charge >= 0.3 is 5.97 Å². The number of cyclic esters (lactones) is 1. The molecule has 1 heterocycles. The Hall–Kier alpha value is -1.77. The Morgan fingerprint density at radius 2 is 1.94 bits per heavy atom. The molecule has 0 spiro atoms. The minimum Gasteiger partial charge on any atom is -0.456 e. The quantitative estimate of drug-likeness (QED) is 0.426. The maximum absolute atomic E-state index is 13.0. The minimum atomic E-state index is -1.47. The molecular weight excluding hydrogens is 436 g/mol. The maximum Gasteiger partial charge on any atom is 0.338 e. The van der Waals surface area contributed by atoms with Gasteiger partial charge in [-0.15, -0.1) is 0 Å². The van der Waals surface area contributed by atoms with Crippen LogP contribution in [0.5, 0.6) is 0 Å². The van der Waals surface area contributed by atoms with Crippen LogP contribution in [0.2, 0.25) is 0 Å². The van der Waals surface area contributed by atoms with Crippen molar-refractivity contribution < 1.29 is 34.3 Å². The van der Waals surface area contributed by atoms with E-state index in [0.717, 1.165) is 23.1 Å². The van der Waals surface area contributed by atoms with E-state index in [9.17, 15) is 20.1 Å². The highest BCUT2D eigenvalue weighted by Gasteiger charge is 2.36. The zero-order valence-electron chi connectivity index (χ0n) is 21.4. The first-order valence-electron chi connectivity index (χ1n) is 12.1. The van der Waals surface area contributed by atoms with Gasteiger partial charge in [0.05, 0.1) is 18.3 Å². The van der Waals surface area contributed by atoms with Crippen LogP contribution in [0.4, 0.5) is 0 Å². The van der Waals surface area contributed by atoms with Crippen molar-refractivity contribution in [3.05, 3.63) is 47.0 Å². The highest BCUT2D eigenvalue weighted by atomic mass is 16.6. The summed E-state index contributed by atoms with van der Waals surface area (Å²) in [6.07, 6.45) is -0.433. The molecule has 192 valence electrons. The van der Waals surface area contributed by atoms with Crippen LogP contribution in [0.3, 0.4) is 0 Å². The van der Waals surface area contributed by atoms with Crippen molar-refractivity contribution in [2.24, 2.45) is 5.92 Å². The molecular formula is C27H42O7. The number of ether oxygens (including phenoxy) is 3. The number of benzene rings is 1. The molecule has 1 aliphatic rings. The van der Waals surface area contributed by atoms with E-state index in [0.29, 0.717) is 19.3 Å². The first-order valence-corrected chi connectivity index (χ1v) is 12.1. The Morgan fingerprint density at radius 3 is 2.53 bits per heavy atom. The number of hydrogen-bond acceptors (Lipinski definition) is 7. The van der Waals surface area contributed by atoms with Crippen molar-refractivity contribution in [1.82, 2.24) is 0 Å². The Labute approximate surface area is 203 Å². The summed E-state index contributed by atoms with van der Waals surface area (Å²) in [4.78, 5) is 13.0. The van der Waals surface area contributed by atoms with Crippen LogP contribution in [0.1, 0.15) is 58.1 Å². The van der Waals surface area contributed by atoms with Gasteiger partial charge in [0, 0.05) is 51.4 Å². The molecule has 0 saturated carbocycles. The predicted octanol–water partition coefficient (Wildman–Crippen LogP) is 2.93. The van der Waals surface area contributed by atoms with Crippen LogP contribution in [-0.4, -0.2) is 72.6 Å². The summed E-state index contributed by atoms with van der Waals surface area (Å²) in [5.41, 5.74) is 2.05. The number of aliphatic hydroxyl groups is 3. The molecule has 1 unspecified atom stereocenters. The fraction of sp³-hybridized carbons (Fsp3) is 0.667. The Bertz CT molecular complexity index is 815. The van der Waals surface area contributed by atoms with E-state index in [2.05, 4.69) is 0 Å². The molecule has 3 N–H and O–H groups in total. The van der Waals surface area contributed by atoms with E-state index in [1.807, 2.05) is 58.0 Å². The lowest BCUT2D eigenvalue weighted by molar-refractivity contribution is -0.166. The summed E-state index contributed by atoms with van der Waals surface area (Å²) in [6, 6.07) is 7.78. The van der Waals surface area contributed by atoms with Gasteiger partial charge in [0.1, 0.15) is 6.10 Å². The van der Waals surface area contributed by atoms with Gasteiger partial charge < -0.3 is 29.5 Å². The summed E-state index contributed by atoms with van der Waals surface area (Å²) >= 11 is 0. The number of fused-ring (bicyclic) bond motifs is 2. The molecule has 0 fully saturated rings. The van der Waals surface area contributed by atoms with E-state index >= 15 is 0 Å². The third kappa shape index (κ3) is 7.12. The van der Waals surface area contributed by atoms with Crippen LogP contribution in [0.25, 0.3) is 0 Å². The van der Waals surface area contributed by atoms with Crippen molar-refractivity contribution in [3.63, 3.8) is 0 Å². The van der Waals surface area contributed by atoms with Gasteiger partial charge in [0.2, 0.25) is 0 Å². The molecule has 0 aromatic heterocycles. The summed E-state index contributed by atoms with van der Waals surface area (Å²) < 4.78 is 17.0. The second-order valence-corrected chi connectivity index (χ2v) is 9.88. The van der Waals surface area contributed by atoms with Gasteiger partial charge in [-0.25, -0.2) is 4.79 Å². The molecule has 1 aliphatic heterocycles. The van der Waals surface area contributed by atoms with Gasteiger partial charge in [-0.1, -0.05) is 51.1 Å². The molecule has 0 saturated heterocycles. The average molecular weight is 479 g/mol. The molecule has 7 nitrogen and oxygen atoms in total. The molecule has 2 bridgehead atoms. The number of carbonyl (C=O) groups is 1. The SMILES string of the molecule is CC[C@H](/C=C(/C)C1C[C@@H](OC)C[C@H](O)C(C)(C)c2cccc(c2)C[C@@H](OC)[C@H](O)C(=O)O1)CO. The van der Waals surface area contributed by atoms with Crippen molar-refractivity contribution >= 4 is 5.97 Å². The summed E-state index contributed by atoms with van der Waals surface area (Å²) in [7, 11) is 3.03. The third-order valence-electron chi connectivity index (χ3n) is 7.16. The van der Waals surface area contributed by atoms with Gasteiger partial charge in [-0.3, -0.25) is 0 Å². The zero-order valence-corrected chi connectivity index (χ0v) is 21.4. The fourth-order valence-corrected chi connectivity index (χ4v) is 4.39. The number of esters is 1. The molecule has 6 atom stereocenters. The van der Waals surface area contributed by atoms with Gasteiger partial charge in [0.15, 0.2) is 6.10 Å². The van der Waals surface area contributed by atoms with Crippen LogP contribution in [-0.2, 0) is 30.8 Å². The largest absolute Gasteiger partial charge is 0.456 e.